The molecule has 2 aliphatic heterocycles. The summed E-state index contributed by atoms with van der Waals surface area (Å²) in [4.78, 5) is 16.9. The maximum atomic E-state index is 11.8. The Labute approximate surface area is 104 Å². The van der Waals surface area contributed by atoms with Crippen LogP contribution < -0.4 is 14.8 Å². The number of benzene rings is 1. The number of carbonyl (C=O) groups is 1. The van der Waals surface area contributed by atoms with Crippen LogP contribution in [0.15, 0.2) is 23.4 Å². The van der Waals surface area contributed by atoms with Crippen LogP contribution in [0.2, 0.25) is 0 Å². The van der Waals surface area contributed by atoms with E-state index < -0.39 is 5.60 Å². The molecule has 3 rings (SSSR count). The first-order valence-corrected chi connectivity index (χ1v) is 5.54. The second kappa shape index (κ2) is 3.63. The maximum Gasteiger partial charge on any atom is 0.272 e. The summed E-state index contributed by atoms with van der Waals surface area (Å²) >= 11 is 0. The van der Waals surface area contributed by atoms with Gasteiger partial charge in [0.05, 0.1) is 0 Å². The van der Waals surface area contributed by atoms with Crippen molar-refractivity contribution in [2.24, 2.45) is 5.16 Å². The molecule has 0 aliphatic carbocycles. The summed E-state index contributed by atoms with van der Waals surface area (Å²) < 4.78 is 10.5. The molecule has 0 saturated heterocycles. The summed E-state index contributed by atoms with van der Waals surface area (Å²) in [5, 5.41) is 6.62. The Kier molecular flexibility index (Phi) is 2.19. The van der Waals surface area contributed by atoms with Crippen molar-refractivity contribution < 1.29 is 19.1 Å². The highest BCUT2D eigenvalue weighted by atomic mass is 16.7. The van der Waals surface area contributed by atoms with Crippen LogP contribution in [-0.2, 0) is 9.63 Å². The van der Waals surface area contributed by atoms with E-state index in [1.807, 2.05) is 0 Å². The number of oxime groups is 1. The Bertz CT molecular complexity index is 551. The Morgan fingerprint density at radius 3 is 2.83 bits per heavy atom. The minimum Gasteiger partial charge on any atom is -0.454 e. The van der Waals surface area contributed by atoms with Crippen molar-refractivity contribution in [2.45, 2.75) is 19.4 Å². The topological polar surface area (TPSA) is 69.2 Å². The second-order valence-corrected chi connectivity index (χ2v) is 4.56. The predicted molar refractivity (Wildman–Crippen MR) is 62.4 cm³/mol. The fourth-order valence-corrected chi connectivity index (χ4v) is 1.65. The number of ether oxygens (including phenoxy) is 2. The van der Waals surface area contributed by atoms with E-state index in [2.05, 4.69) is 10.5 Å². The van der Waals surface area contributed by atoms with Crippen LogP contribution >= 0.6 is 0 Å². The zero-order valence-electron chi connectivity index (χ0n) is 10.0. The van der Waals surface area contributed by atoms with E-state index in [-0.39, 0.29) is 12.7 Å². The summed E-state index contributed by atoms with van der Waals surface area (Å²) in [5.74, 6) is 1.46. The lowest BCUT2D eigenvalue weighted by atomic mass is 10.1. The normalized spacial score (nSPS) is 19.9. The van der Waals surface area contributed by atoms with Gasteiger partial charge in [0.25, 0.3) is 5.91 Å². The van der Waals surface area contributed by atoms with Crippen molar-refractivity contribution in [3.05, 3.63) is 23.8 Å². The molecular formula is C12H12N2O4. The third kappa shape index (κ3) is 1.66. The number of carbonyl (C=O) groups excluding carboxylic acids is 1. The number of nitrogens with one attached hydrogen (secondary N) is 1. The molecule has 2 heterocycles. The first-order valence-electron chi connectivity index (χ1n) is 5.54. The van der Waals surface area contributed by atoms with Crippen LogP contribution in [0.25, 0.3) is 0 Å². The van der Waals surface area contributed by atoms with Crippen molar-refractivity contribution in [1.29, 1.82) is 0 Å². The fourth-order valence-electron chi connectivity index (χ4n) is 1.65. The van der Waals surface area contributed by atoms with Crippen molar-refractivity contribution in [3.8, 4) is 11.5 Å². The van der Waals surface area contributed by atoms with Crippen LogP contribution in [0, 0.1) is 0 Å². The van der Waals surface area contributed by atoms with E-state index >= 15 is 0 Å². The first-order chi connectivity index (χ1) is 8.56. The number of amidine groups is 1. The Balaban J connectivity index is 1.92. The van der Waals surface area contributed by atoms with Gasteiger partial charge in [-0.15, -0.1) is 0 Å². The molecule has 0 spiro atoms. The summed E-state index contributed by atoms with van der Waals surface area (Å²) in [7, 11) is 0. The summed E-state index contributed by atoms with van der Waals surface area (Å²) in [5.41, 5.74) is -0.233. The molecule has 0 fully saturated rings. The predicted octanol–water partition coefficient (Wildman–Crippen LogP) is 1.00. The number of hydrogen-bond donors (Lipinski definition) is 1. The van der Waals surface area contributed by atoms with E-state index in [1.165, 1.54) is 0 Å². The van der Waals surface area contributed by atoms with Gasteiger partial charge in [-0.05, 0) is 32.0 Å². The molecule has 6 heteroatoms. The standard InChI is InChI=1S/C12H12N2O4/c1-12(2)11(15)13-10(14-18-12)7-3-4-8-9(5-7)17-6-16-8/h3-5H,6H2,1-2H3,(H,13,14,15). The highest BCUT2D eigenvalue weighted by Crippen LogP contribution is 2.32. The van der Waals surface area contributed by atoms with E-state index in [9.17, 15) is 4.79 Å². The molecule has 94 valence electrons. The van der Waals surface area contributed by atoms with E-state index in [4.69, 9.17) is 14.3 Å². The van der Waals surface area contributed by atoms with Crippen LogP contribution in [-0.4, -0.2) is 24.1 Å². The lowest BCUT2D eigenvalue weighted by Gasteiger charge is -2.26. The molecule has 18 heavy (non-hydrogen) atoms. The maximum absolute atomic E-state index is 11.8. The third-order valence-corrected chi connectivity index (χ3v) is 2.79. The lowest BCUT2D eigenvalue weighted by molar-refractivity contribution is -0.143. The highest BCUT2D eigenvalue weighted by molar-refractivity contribution is 6.10. The minimum atomic E-state index is -0.945. The first kappa shape index (κ1) is 10.9. The molecular weight excluding hydrogens is 236 g/mol. The molecule has 1 aromatic rings. The van der Waals surface area contributed by atoms with Crippen LogP contribution in [0.3, 0.4) is 0 Å². The summed E-state index contributed by atoms with van der Waals surface area (Å²) in [6.07, 6.45) is 0. The largest absolute Gasteiger partial charge is 0.454 e. The number of rotatable bonds is 1. The van der Waals surface area contributed by atoms with Crippen LogP contribution in [0.1, 0.15) is 19.4 Å². The van der Waals surface area contributed by atoms with Gasteiger partial charge in [-0.1, -0.05) is 5.16 Å². The molecule has 0 bridgehead atoms. The van der Waals surface area contributed by atoms with Crippen molar-refractivity contribution in [2.75, 3.05) is 6.79 Å². The average molecular weight is 248 g/mol. The molecule has 2 aliphatic rings. The summed E-state index contributed by atoms with van der Waals surface area (Å²) in [6.45, 7) is 3.52. The smallest absolute Gasteiger partial charge is 0.272 e. The van der Waals surface area contributed by atoms with Gasteiger partial charge in [0.1, 0.15) is 0 Å². The minimum absolute atomic E-state index is 0.209. The Morgan fingerprint density at radius 2 is 2.06 bits per heavy atom. The van der Waals surface area contributed by atoms with Gasteiger partial charge in [-0.25, -0.2) is 0 Å². The fraction of sp³-hybridized carbons (Fsp3) is 0.333. The number of nitrogens with zero attached hydrogens (tertiary/aromatic N) is 1. The van der Waals surface area contributed by atoms with Gasteiger partial charge < -0.3 is 19.6 Å². The van der Waals surface area contributed by atoms with Gasteiger partial charge in [0.15, 0.2) is 17.3 Å². The molecule has 1 aromatic carbocycles. The van der Waals surface area contributed by atoms with Crippen molar-refractivity contribution >= 4 is 11.7 Å². The highest BCUT2D eigenvalue weighted by Gasteiger charge is 2.35. The molecule has 6 nitrogen and oxygen atoms in total. The quantitative estimate of drug-likeness (QED) is 0.805. The zero-order chi connectivity index (χ0) is 12.8. The van der Waals surface area contributed by atoms with E-state index in [0.717, 1.165) is 0 Å². The molecule has 0 saturated carbocycles. The molecule has 0 aromatic heterocycles. The van der Waals surface area contributed by atoms with Crippen LogP contribution in [0.4, 0.5) is 0 Å². The van der Waals surface area contributed by atoms with Gasteiger partial charge >= 0.3 is 0 Å². The van der Waals surface area contributed by atoms with Crippen molar-refractivity contribution in [1.82, 2.24) is 5.32 Å². The molecule has 0 radical (unpaired) electrons. The van der Waals surface area contributed by atoms with E-state index in [0.29, 0.717) is 22.9 Å². The Hall–Kier alpha value is -2.24. The number of amides is 1. The molecule has 0 atom stereocenters. The SMILES string of the molecule is CC1(C)ON=C(c2ccc3c(c2)OCO3)NC1=O. The lowest BCUT2D eigenvalue weighted by Crippen LogP contribution is -2.50. The zero-order valence-corrected chi connectivity index (χ0v) is 10.0. The van der Waals surface area contributed by atoms with Gasteiger partial charge in [-0.3, -0.25) is 4.79 Å². The Morgan fingerprint density at radius 1 is 1.28 bits per heavy atom. The number of fused-ring (bicyclic) bond motifs is 1. The average Bonchev–Trinajstić information content (AvgIpc) is 2.79. The molecule has 1 amide bonds. The second-order valence-electron chi connectivity index (χ2n) is 4.56. The van der Waals surface area contributed by atoms with Gasteiger partial charge in [-0.2, -0.15) is 0 Å². The van der Waals surface area contributed by atoms with Gasteiger partial charge in [0, 0.05) is 5.56 Å². The number of hydrogen-bond acceptors (Lipinski definition) is 5. The van der Waals surface area contributed by atoms with Crippen LogP contribution in [0.5, 0.6) is 11.5 Å². The summed E-state index contributed by atoms with van der Waals surface area (Å²) in [6, 6.07) is 5.31. The van der Waals surface area contributed by atoms with Crippen molar-refractivity contribution in [3.63, 3.8) is 0 Å². The van der Waals surface area contributed by atoms with Gasteiger partial charge in [0.2, 0.25) is 12.4 Å². The molecule has 0 unspecified atom stereocenters. The monoisotopic (exact) mass is 248 g/mol. The molecule has 1 N–H and O–H groups in total. The van der Waals surface area contributed by atoms with E-state index in [1.54, 1.807) is 32.0 Å². The third-order valence-electron chi connectivity index (χ3n) is 2.79.